The quantitative estimate of drug-likeness (QED) is 0.620. The second-order valence-corrected chi connectivity index (χ2v) is 4.77. The van der Waals surface area contributed by atoms with Crippen molar-refractivity contribution in [2.45, 2.75) is 19.4 Å². The lowest BCUT2D eigenvalue weighted by Crippen LogP contribution is -2.24. The van der Waals surface area contributed by atoms with Crippen molar-refractivity contribution in [3.05, 3.63) is 38.5 Å². The van der Waals surface area contributed by atoms with Gasteiger partial charge in [-0.15, -0.1) is 0 Å². The van der Waals surface area contributed by atoms with Crippen LogP contribution in [0.5, 0.6) is 0 Å². The molecule has 0 atom stereocenters. The van der Waals surface area contributed by atoms with E-state index in [-0.39, 0.29) is 10.7 Å². The van der Waals surface area contributed by atoms with Crippen LogP contribution in [0, 0.1) is 5.92 Å². The van der Waals surface area contributed by atoms with Crippen LogP contribution in [0.2, 0.25) is 5.15 Å². The van der Waals surface area contributed by atoms with Crippen LogP contribution in [0.25, 0.3) is 0 Å². The van der Waals surface area contributed by atoms with Crippen molar-refractivity contribution in [2.24, 2.45) is 5.92 Å². The van der Waals surface area contributed by atoms with E-state index in [1.54, 1.807) is 4.57 Å². The number of hydrogen-bond donors (Lipinski definition) is 0. The number of halogens is 2. The van der Waals surface area contributed by atoms with Crippen molar-refractivity contribution in [3.63, 3.8) is 0 Å². The highest BCUT2D eigenvalue weighted by atomic mass is 79.9. The van der Waals surface area contributed by atoms with Crippen molar-refractivity contribution in [2.75, 3.05) is 0 Å². The molecule has 0 N–H and O–H groups in total. The van der Waals surface area contributed by atoms with E-state index in [0.717, 1.165) is 12.8 Å². The molecule has 15 heavy (non-hydrogen) atoms. The van der Waals surface area contributed by atoms with E-state index in [1.165, 1.54) is 6.33 Å². The van der Waals surface area contributed by atoms with E-state index < -0.39 is 0 Å². The third-order valence-electron chi connectivity index (χ3n) is 2.50. The second-order valence-electron chi connectivity index (χ2n) is 3.62. The van der Waals surface area contributed by atoms with E-state index in [9.17, 15) is 4.79 Å². The van der Waals surface area contributed by atoms with E-state index in [4.69, 9.17) is 11.6 Å². The second kappa shape index (κ2) is 4.49. The summed E-state index contributed by atoms with van der Waals surface area (Å²) in [5, 5.41) is 0.223. The highest BCUT2D eigenvalue weighted by Crippen LogP contribution is 2.20. The molecule has 0 bridgehead atoms. The van der Waals surface area contributed by atoms with Gasteiger partial charge in [0.1, 0.15) is 4.47 Å². The highest BCUT2D eigenvalue weighted by Gasteiger charge is 2.13. The lowest BCUT2D eigenvalue weighted by Gasteiger charge is -2.11. The third kappa shape index (κ3) is 2.32. The van der Waals surface area contributed by atoms with Gasteiger partial charge in [-0.3, -0.25) is 9.36 Å². The van der Waals surface area contributed by atoms with Crippen molar-refractivity contribution < 1.29 is 0 Å². The monoisotopic (exact) mass is 288 g/mol. The molecule has 0 aromatic carbocycles. The number of aromatic nitrogens is 2. The fourth-order valence-corrected chi connectivity index (χ4v) is 2.13. The lowest BCUT2D eigenvalue weighted by atomic mass is 10.1. The van der Waals surface area contributed by atoms with Crippen LogP contribution in [0.1, 0.15) is 12.8 Å². The molecule has 0 fully saturated rings. The number of allylic oxidation sites excluding steroid dienone is 2. The summed E-state index contributed by atoms with van der Waals surface area (Å²) in [6.45, 7) is 0.703. The topological polar surface area (TPSA) is 34.9 Å². The highest BCUT2D eigenvalue weighted by molar-refractivity contribution is 9.10. The Morgan fingerprint density at radius 1 is 1.53 bits per heavy atom. The standard InChI is InChI=1S/C10H10BrClN2O/c11-8-9(12)13-6-14(10(8)15)5-7-3-1-2-4-7/h1-2,6-7H,3-5H2. The van der Waals surface area contributed by atoms with Crippen molar-refractivity contribution in [1.29, 1.82) is 0 Å². The molecule has 0 spiro atoms. The van der Waals surface area contributed by atoms with Crippen molar-refractivity contribution in [3.8, 4) is 0 Å². The maximum Gasteiger partial charge on any atom is 0.269 e. The van der Waals surface area contributed by atoms with Gasteiger partial charge in [-0.1, -0.05) is 23.8 Å². The normalized spacial score (nSPS) is 16.1. The summed E-state index contributed by atoms with van der Waals surface area (Å²) in [5.41, 5.74) is -0.109. The van der Waals surface area contributed by atoms with Crippen LogP contribution < -0.4 is 5.56 Å². The largest absolute Gasteiger partial charge is 0.298 e. The fraction of sp³-hybridized carbons (Fsp3) is 0.400. The molecule has 5 heteroatoms. The molecule has 0 radical (unpaired) electrons. The molecule has 1 aliphatic rings. The molecule has 1 aromatic rings. The molecule has 2 rings (SSSR count). The first-order chi connectivity index (χ1) is 7.18. The summed E-state index contributed by atoms with van der Waals surface area (Å²) in [6.07, 6.45) is 7.87. The molecule has 1 aromatic heterocycles. The van der Waals surface area contributed by atoms with Crippen molar-refractivity contribution >= 4 is 27.5 Å². The molecule has 1 heterocycles. The van der Waals surface area contributed by atoms with Gasteiger partial charge in [-0.25, -0.2) is 4.98 Å². The van der Waals surface area contributed by atoms with Crippen LogP contribution in [-0.2, 0) is 6.54 Å². The van der Waals surface area contributed by atoms with Crippen LogP contribution in [0.4, 0.5) is 0 Å². The van der Waals surface area contributed by atoms with Gasteiger partial charge < -0.3 is 0 Å². The molecular formula is C10H10BrClN2O. The minimum atomic E-state index is -0.109. The Kier molecular flexibility index (Phi) is 3.26. The van der Waals surface area contributed by atoms with Gasteiger partial charge in [0.15, 0.2) is 5.15 Å². The van der Waals surface area contributed by atoms with E-state index in [0.29, 0.717) is 16.9 Å². The molecular weight excluding hydrogens is 279 g/mol. The van der Waals surface area contributed by atoms with Crippen LogP contribution >= 0.6 is 27.5 Å². The SMILES string of the molecule is O=c1c(Br)c(Cl)ncn1CC1CC=CC1. The molecule has 3 nitrogen and oxygen atoms in total. The molecule has 1 aliphatic carbocycles. The van der Waals surface area contributed by atoms with Gasteiger partial charge in [0.2, 0.25) is 0 Å². The summed E-state index contributed by atoms with van der Waals surface area (Å²) >= 11 is 8.85. The zero-order valence-corrected chi connectivity index (χ0v) is 10.3. The molecule has 0 unspecified atom stereocenters. The first-order valence-electron chi connectivity index (χ1n) is 4.74. The Bertz CT molecular complexity index is 447. The predicted molar refractivity (Wildman–Crippen MR) is 63.1 cm³/mol. The van der Waals surface area contributed by atoms with Gasteiger partial charge in [0.05, 0.1) is 6.33 Å². The van der Waals surface area contributed by atoms with Gasteiger partial charge in [0, 0.05) is 6.54 Å². The molecule has 0 amide bonds. The Labute approximate surface area is 101 Å². The van der Waals surface area contributed by atoms with Gasteiger partial charge in [-0.05, 0) is 34.7 Å². The minimum Gasteiger partial charge on any atom is -0.298 e. The summed E-state index contributed by atoms with van der Waals surface area (Å²) in [7, 11) is 0. The van der Waals surface area contributed by atoms with Gasteiger partial charge >= 0.3 is 0 Å². The summed E-state index contributed by atoms with van der Waals surface area (Å²) in [6, 6.07) is 0. The number of hydrogen-bond acceptors (Lipinski definition) is 2. The molecule has 0 aliphatic heterocycles. The van der Waals surface area contributed by atoms with Gasteiger partial charge in [-0.2, -0.15) is 0 Å². The zero-order chi connectivity index (χ0) is 10.8. The predicted octanol–water partition coefficient (Wildman–Crippen LogP) is 2.63. The number of nitrogens with zero attached hydrogens (tertiary/aromatic N) is 2. The zero-order valence-electron chi connectivity index (χ0n) is 7.99. The number of rotatable bonds is 2. The first kappa shape index (κ1) is 10.9. The summed E-state index contributed by atoms with van der Waals surface area (Å²) in [5.74, 6) is 0.512. The maximum atomic E-state index is 11.7. The van der Waals surface area contributed by atoms with Crippen LogP contribution in [-0.4, -0.2) is 9.55 Å². The Morgan fingerprint density at radius 2 is 2.20 bits per heavy atom. The first-order valence-corrected chi connectivity index (χ1v) is 5.91. The molecule has 0 saturated carbocycles. The van der Waals surface area contributed by atoms with E-state index in [2.05, 4.69) is 33.1 Å². The summed E-state index contributed by atoms with van der Waals surface area (Å²) in [4.78, 5) is 15.7. The lowest BCUT2D eigenvalue weighted by molar-refractivity contribution is 0.457. The Balaban J connectivity index is 2.22. The Morgan fingerprint density at radius 3 is 2.87 bits per heavy atom. The molecule has 80 valence electrons. The smallest absolute Gasteiger partial charge is 0.269 e. The molecule has 0 saturated heterocycles. The van der Waals surface area contributed by atoms with Crippen LogP contribution in [0.3, 0.4) is 0 Å². The van der Waals surface area contributed by atoms with Gasteiger partial charge in [0.25, 0.3) is 5.56 Å². The minimum absolute atomic E-state index is 0.109. The average molecular weight is 290 g/mol. The van der Waals surface area contributed by atoms with Crippen molar-refractivity contribution in [1.82, 2.24) is 9.55 Å². The average Bonchev–Trinajstić information content (AvgIpc) is 2.72. The van der Waals surface area contributed by atoms with E-state index >= 15 is 0 Å². The Hall–Kier alpha value is -0.610. The third-order valence-corrected chi connectivity index (χ3v) is 3.73. The maximum absolute atomic E-state index is 11.7. The summed E-state index contributed by atoms with van der Waals surface area (Å²) < 4.78 is 1.95. The van der Waals surface area contributed by atoms with E-state index in [1.807, 2.05) is 0 Å². The fourth-order valence-electron chi connectivity index (χ4n) is 1.67. The van der Waals surface area contributed by atoms with Crippen LogP contribution in [0.15, 0.2) is 27.7 Å².